The molecule has 0 fully saturated rings. The molecule has 0 amide bonds. The summed E-state index contributed by atoms with van der Waals surface area (Å²) in [5.74, 6) is 0. The molecule has 0 bridgehead atoms. The molecular formula is C58H44N2. The molecular weight excluding hydrogens is 725 g/mol. The number of hydrogen-bond acceptors (Lipinski definition) is 1. The zero-order valence-corrected chi connectivity index (χ0v) is 34.4. The minimum Gasteiger partial charge on any atom is -0.309 e. The molecule has 0 saturated heterocycles. The van der Waals surface area contributed by atoms with Gasteiger partial charge in [0.2, 0.25) is 0 Å². The second-order valence-electron chi connectivity index (χ2n) is 17.7. The fourth-order valence-electron chi connectivity index (χ4n) is 11.0. The second-order valence-corrected chi connectivity index (χ2v) is 17.7. The molecule has 10 aromatic rings. The first kappa shape index (κ1) is 34.8. The van der Waals surface area contributed by atoms with Crippen molar-refractivity contribution in [2.24, 2.45) is 0 Å². The molecule has 0 radical (unpaired) electrons. The van der Waals surface area contributed by atoms with Crippen LogP contribution in [0.3, 0.4) is 0 Å². The van der Waals surface area contributed by atoms with Crippen LogP contribution in [-0.4, -0.2) is 4.57 Å². The summed E-state index contributed by atoms with van der Waals surface area (Å²) in [5.41, 5.74) is 19.9. The number of fused-ring (bicyclic) bond motifs is 10. The number of anilines is 3. The standard InChI is InChI=1S/C58H44N2/c1-57(2)49-28-12-8-25-46(49)55-50(57)29-17-32-53(55)60(54-33-16-26-45-42-22-7-11-27-48(42)58(3,4)56(45)54)40-35-37-18-5-6-21-41(37)47(36-40)38-19-15-20-39(34-38)59-51-30-13-9-23-43(51)44-24-10-14-31-52(44)59/h5-36H,1-4H3. The van der Waals surface area contributed by atoms with Gasteiger partial charge in [-0.3, -0.25) is 0 Å². The molecule has 2 aliphatic rings. The van der Waals surface area contributed by atoms with Crippen molar-refractivity contribution in [1.82, 2.24) is 4.57 Å². The minimum absolute atomic E-state index is 0.135. The first-order valence-corrected chi connectivity index (χ1v) is 21.2. The third kappa shape index (κ3) is 4.82. The molecule has 286 valence electrons. The van der Waals surface area contributed by atoms with E-state index in [4.69, 9.17) is 0 Å². The van der Waals surface area contributed by atoms with E-state index in [1.807, 2.05) is 0 Å². The van der Waals surface area contributed by atoms with Crippen molar-refractivity contribution in [2.45, 2.75) is 38.5 Å². The molecule has 0 aliphatic heterocycles. The van der Waals surface area contributed by atoms with E-state index in [2.05, 4.69) is 231 Å². The highest BCUT2D eigenvalue weighted by Gasteiger charge is 2.41. The second kappa shape index (κ2) is 12.7. The average molecular weight is 769 g/mol. The van der Waals surface area contributed by atoms with E-state index in [9.17, 15) is 0 Å². The molecule has 0 saturated carbocycles. The highest BCUT2D eigenvalue weighted by atomic mass is 15.2. The molecule has 2 aliphatic carbocycles. The highest BCUT2D eigenvalue weighted by molar-refractivity contribution is 6.10. The topological polar surface area (TPSA) is 8.17 Å². The van der Waals surface area contributed by atoms with Gasteiger partial charge in [-0.2, -0.15) is 0 Å². The van der Waals surface area contributed by atoms with Crippen LogP contribution in [0.25, 0.3) is 71.6 Å². The lowest BCUT2D eigenvalue weighted by atomic mass is 9.81. The molecule has 60 heavy (non-hydrogen) atoms. The third-order valence-corrected chi connectivity index (χ3v) is 13.7. The Bertz CT molecular complexity index is 3340. The van der Waals surface area contributed by atoms with Gasteiger partial charge >= 0.3 is 0 Å². The van der Waals surface area contributed by atoms with Gasteiger partial charge in [-0.15, -0.1) is 0 Å². The summed E-state index contributed by atoms with van der Waals surface area (Å²) in [4.78, 5) is 2.59. The van der Waals surface area contributed by atoms with Gasteiger partial charge in [0.05, 0.1) is 22.4 Å². The van der Waals surface area contributed by atoms with Gasteiger partial charge < -0.3 is 9.47 Å². The van der Waals surface area contributed by atoms with Crippen molar-refractivity contribution in [1.29, 1.82) is 0 Å². The Morgan fingerprint density at radius 1 is 0.400 bits per heavy atom. The maximum atomic E-state index is 2.59. The predicted molar refractivity (Wildman–Crippen MR) is 254 cm³/mol. The summed E-state index contributed by atoms with van der Waals surface area (Å²) in [6.07, 6.45) is 0. The minimum atomic E-state index is -0.216. The zero-order chi connectivity index (χ0) is 40.3. The SMILES string of the molecule is CC1(C)c2ccccc2-c2c(N(c3cc(-c4cccc(-n5c6ccccc6c6ccccc65)c4)c4ccccc4c3)c3cccc4c3C(C)(C)c3ccccc3-4)cccc21. The number of hydrogen-bond donors (Lipinski definition) is 0. The zero-order valence-electron chi connectivity index (χ0n) is 34.4. The Kier molecular flexibility index (Phi) is 7.36. The van der Waals surface area contributed by atoms with Crippen molar-refractivity contribution < 1.29 is 0 Å². The molecule has 0 atom stereocenters. The number of benzene rings is 9. The van der Waals surface area contributed by atoms with Crippen LogP contribution in [0.1, 0.15) is 49.9 Å². The maximum Gasteiger partial charge on any atom is 0.0543 e. The molecule has 1 aromatic heterocycles. The summed E-state index contributed by atoms with van der Waals surface area (Å²) in [6.45, 7) is 9.56. The molecule has 2 heteroatoms. The number of rotatable bonds is 5. The average Bonchev–Trinajstić information content (AvgIpc) is 3.84. The van der Waals surface area contributed by atoms with Crippen molar-refractivity contribution in [3.63, 3.8) is 0 Å². The van der Waals surface area contributed by atoms with Crippen LogP contribution in [0, 0.1) is 0 Å². The van der Waals surface area contributed by atoms with E-state index in [1.165, 1.54) is 99.6 Å². The van der Waals surface area contributed by atoms with E-state index in [-0.39, 0.29) is 10.8 Å². The molecule has 1 heterocycles. The van der Waals surface area contributed by atoms with Crippen LogP contribution in [0.15, 0.2) is 194 Å². The lowest BCUT2D eigenvalue weighted by Crippen LogP contribution is -2.21. The summed E-state index contributed by atoms with van der Waals surface area (Å²) < 4.78 is 2.42. The molecule has 0 unspecified atom stereocenters. The van der Waals surface area contributed by atoms with Crippen molar-refractivity contribution in [2.75, 3.05) is 4.90 Å². The van der Waals surface area contributed by atoms with Crippen LogP contribution >= 0.6 is 0 Å². The largest absolute Gasteiger partial charge is 0.309 e. The molecule has 9 aromatic carbocycles. The van der Waals surface area contributed by atoms with E-state index in [0.717, 1.165) is 11.4 Å². The predicted octanol–water partition coefficient (Wildman–Crippen LogP) is 15.7. The molecule has 12 rings (SSSR count). The number of aromatic nitrogens is 1. The van der Waals surface area contributed by atoms with E-state index < -0.39 is 0 Å². The monoisotopic (exact) mass is 768 g/mol. The first-order valence-electron chi connectivity index (χ1n) is 21.2. The highest BCUT2D eigenvalue weighted by Crippen LogP contribution is 2.58. The van der Waals surface area contributed by atoms with Gasteiger partial charge in [-0.1, -0.05) is 173 Å². The van der Waals surface area contributed by atoms with Crippen LogP contribution in [-0.2, 0) is 10.8 Å². The van der Waals surface area contributed by atoms with E-state index >= 15 is 0 Å². The summed E-state index contributed by atoms with van der Waals surface area (Å²) in [7, 11) is 0. The van der Waals surface area contributed by atoms with Crippen LogP contribution in [0.4, 0.5) is 17.1 Å². The summed E-state index contributed by atoms with van der Waals surface area (Å²) >= 11 is 0. The fourth-order valence-corrected chi connectivity index (χ4v) is 11.0. The van der Waals surface area contributed by atoms with E-state index in [0.29, 0.717) is 0 Å². The smallest absolute Gasteiger partial charge is 0.0543 e. The van der Waals surface area contributed by atoms with Gasteiger partial charge in [0.15, 0.2) is 0 Å². The Morgan fingerprint density at radius 3 is 1.73 bits per heavy atom. The Balaban J connectivity index is 1.14. The van der Waals surface area contributed by atoms with Gasteiger partial charge in [0.25, 0.3) is 0 Å². The quantitative estimate of drug-likeness (QED) is 0.169. The van der Waals surface area contributed by atoms with Crippen LogP contribution < -0.4 is 4.90 Å². The fraction of sp³-hybridized carbons (Fsp3) is 0.103. The lowest BCUT2D eigenvalue weighted by Gasteiger charge is -2.34. The van der Waals surface area contributed by atoms with Crippen LogP contribution in [0.2, 0.25) is 0 Å². The van der Waals surface area contributed by atoms with Gasteiger partial charge in [0.1, 0.15) is 0 Å². The molecule has 0 spiro atoms. The lowest BCUT2D eigenvalue weighted by molar-refractivity contribution is 0.659. The van der Waals surface area contributed by atoms with Gasteiger partial charge in [-0.25, -0.2) is 0 Å². The van der Waals surface area contributed by atoms with Gasteiger partial charge in [-0.05, 0) is 109 Å². The summed E-state index contributed by atoms with van der Waals surface area (Å²) in [5, 5.41) is 4.97. The molecule has 0 N–H and O–H groups in total. The van der Waals surface area contributed by atoms with Crippen molar-refractivity contribution in [3.8, 4) is 39.1 Å². The van der Waals surface area contributed by atoms with E-state index in [1.54, 1.807) is 0 Å². The third-order valence-electron chi connectivity index (χ3n) is 13.7. The Hall–Kier alpha value is -7.16. The normalized spacial score (nSPS) is 14.3. The number of para-hydroxylation sites is 2. The Labute approximate surface area is 351 Å². The Morgan fingerprint density at radius 2 is 0.967 bits per heavy atom. The van der Waals surface area contributed by atoms with Crippen molar-refractivity contribution >= 4 is 49.6 Å². The molecule has 2 nitrogen and oxygen atoms in total. The van der Waals surface area contributed by atoms with Crippen molar-refractivity contribution in [3.05, 3.63) is 216 Å². The number of nitrogens with zero attached hydrogens (tertiary/aromatic N) is 2. The first-order chi connectivity index (χ1) is 29.3. The summed E-state index contributed by atoms with van der Waals surface area (Å²) in [6, 6.07) is 72.4. The van der Waals surface area contributed by atoms with Gasteiger partial charge in [0, 0.05) is 38.5 Å². The van der Waals surface area contributed by atoms with Crippen LogP contribution in [0.5, 0.6) is 0 Å². The maximum absolute atomic E-state index is 2.59.